The van der Waals surface area contributed by atoms with Crippen molar-refractivity contribution in [2.75, 3.05) is 7.05 Å². The van der Waals surface area contributed by atoms with E-state index < -0.39 is 0 Å². The van der Waals surface area contributed by atoms with Crippen LogP contribution >= 0.6 is 11.5 Å². The Morgan fingerprint density at radius 3 is 2.58 bits per heavy atom. The van der Waals surface area contributed by atoms with Gasteiger partial charge in [0, 0.05) is 12.6 Å². The smallest absolute Gasteiger partial charge is 0.253 e. The van der Waals surface area contributed by atoms with E-state index in [9.17, 15) is 4.79 Å². The Morgan fingerprint density at radius 2 is 2.00 bits per heavy atom. The Morgan fingerprint density at radius 1 is 1.26 bits per heavy atom. The van der Waals surface area contributed by atoms with Crippen molar-refractivity contribution in [2.45, 2.75) is 27.3 Å². The quantitative estimate of drug-likeness (QED) is 0.865. The molecule has 4 nitrogen and oxygen atoms in total. The highest BCUT2D eigenvalue weighted by Gasteiger charge is 2.15. The molecule has 0 fully saturated rings. The third-order valence-corrected chi connectivity index (χ3v) is 4.03. The summed E-state index contributed by atoms with van der Waals surface area (Å²) in [5, 5.41) is 3.96. The third kappa shape index (κ3) is 2.98. The number of carbonyl (C=O) groups is 1. The van der Waals surface area contributed by atoms with Crippen LogP contribution in [0, 0.1) is 20.8 Å². The van der Waals surface area contributed by atoms with Gasteiger partial charge in [0.15, 0.2) is 0 Å². The molecule has 2 aromatic rings. The van der Waals surface area contributed by atoms with Gasteiger partial charge in [0.25, 0.3) is 5.91 Å². The molecule has 0 spiro atoms. The Bertz CT molecular complexity index is 606. The zero-order valence-electron chi connectivity index (χ0n) is 11.6. The normalized spacial score (nSPS) is 10.5. The number of aryl methyl sites for hydroxylation is 3. The number of nitrogens with zero attached hydrogens (tertiary/aromatic N) is 3. The molecule has 1 aromatic carbocycles. The average molecular weight is 275 g/mol. The van der Waals surface area contributed by atoms with Crippen LogP contribution in [0.15, 0.2) is 18.2 Å². The molecule has 1 aromatic heterocycles. The maximum Gasteiger partial charge on any atom is 0.253 e. The van der Waals surface area contributed by atoms with Crippen LogP contribution in [0.4, 0.5) is 0 Å². The van der Waals surface area contributed by atoms with Crippen LogP contribution < -0.4 is 0 Å². The zero-order valence-corrected chi connectivity index (χ0v) is 12.4. The summed E-state index contributed by atoms with van der Waals surface area (Å²) in [6, 6.07) is 5.79. The largest absolute Gasteiger partial charge is 0.336 e. The lowest BCUT2D eigenvalue weighted by Crippen LogP contribution is -2.26. The summed E-state index contributed by atoms with van der Waals surface area (Å²) >= 11 is 1.34. The van der Waals surface area contributed by atoms with E-state index in [2.05, 4.69) is 9.59 Å². The van der Waals surface area contributed by atoms with Gasteiger partial charge in [0.05, 0.1) is 17.1 Å². The molecule has 0 aliphatic rings. The molecule has 1 amide bonds. The molecule has 0 aliphatic heterocycles. The van der Waals surface area contributed by atoms with Gasteiger partial charge >= 0.3 is 0 Å². The maximum atomic E-state index is 12.3. The van der Waals surface area contributed by atoms with E-state index in [0.717, 1.165) is 21.7 Å². The second-order valence-electron chi connectivity index (χ2n) is 4.74. The summed E-state index contributed by atoms with van der Waals surface area (Å²) < 4.78 is 3.89. The van der Waals surface area contributed by atoms with E-state index in [1.165, 1.54) is 17.1 Å². The van der Waals surface area contributed by atoms with Crippen LogP contribution in [0.5, 0.6) is 0 Å². The standard InChI is InChI=1S/C14H17N3OS/c1-9-5-6-12(7-10(9)2)14(18)17(4)8-13-11(3)15-16-19-13/h5-7H,8H2,1-4H3. The van der Waals surface area contributed by atoms with Crippen molar-refractivity contribution in [3.63, 3.8) is 0 Å². The molecule has 0 saturated heterocycles. The molecule has 0 unspecified atom stereocenters. The number of benzene rings is 1. The topological polar surface area (TPSA) is 46.1 Å². The summed E-state index contributed by atoms with van der Waals surface area (Å²) in [4.78, 5) is 15.1. The minimum atomic E-state index is 0.0240. The molecule has 1 heterocycles. The molecule has 0 saturated carbocycles. The summed E-state index contributed by atoms with van der Waals surface area (Å²) in [5.74, 6) is 0.0240. The Hall–Kier alpha value is -1.75. The second kappa shape index (κ2) is 5.48. The van der Waals surface area contributed by atoms with Crippen molar-refractivity contribution >= 4 is 17.4 Å². The predicted octanol–water partition coefficient (Wildman–Crippen LogP) is 2.74. The highest BCUT2D eigenvalue weighted by atomic mass is 32.1. The molecule has 0 radical (unpaired) electrons. The fraction of sp³-hybridized carbons (Fsp3) is 0.357. The lowest BCUT2D eigenvalue weighted by atomic mass is 10.1. The SMILES string of the molecule is Cc1ccc(C(=O)N(C)Cc2snnc2C)cc1C. The molecular formula is C14H17N3OS. The summed E-state index contributed by atoms with van der Waals surface area (Å²) in [6.45, 7) is 6.52. The molecule has 5 heteroatoms. The van der Waals surface area contributed by atoms with Crippen molar-refractivity contribution in [2.24, 2.45) is 0 Å². The fourth-order valence-corrected chi connectivity index (χ4v) is 2.46. The van der Waals surface area contributed by atoms with E-state index in [0.29, 0.717) is 6.54 Å². The van der Waals surface area contributed by atoms with E-state index in [1.54, 1.807) is 11.9 Å². The first-order valence-electron chi connectivity index (χ1n) is 6.09. The van der Waals surface area contributed by atoms with E-state index in [1.807, 2.05) is 39.0 Å². The van der Waals surface area contributed by atoms with Crippen LogP contribution in [0.2, 0.25) is 0 Å². The number of hydrogen-bond acceptors (Lipinski definition) is 4. The Kier molecular flexibility index (Phi) is 3.95. The van der Waals surface area contributed by atoms with Gasteiger partial charge in [-0.25, -0.2) is 0 Å². The van der Waals surface area contributed by atoms with Gasteiger partial charge in [-0.05, 0) is 55.6 Å². The van der Waals surface area contributed by atoms with Gasteiger partial charge in [-0.2, -0.15) is 0 Å². The lowest BCUT2D eigenvalue weighted by Gasteiger charge is -2.17. The van der Waals surface area contributed by atoms with Gasteiger partial charge in [-0.15, -0.1) is 5.10 Å². The van der Waals surface area contributed by atoms with Crippen LogP contribution in [0.1, 0.15) is 32.1 Å². The van der Waals surface area contributed by atoms with E-state index in [-0.39, 0.29) is 5.91 Å². The second-order valence-corrected chi connectivity index (χ2v) is 5.58. The van der Waals surface area contributed by atoms with Crippen molar-refractivity contribution in [3.8, 4) is 0 Å². The van der Waals surface area contributed by atoms with Crippen LogP contribution in [0.3, 0.4) is 0 Å². The zero-order chi connectivity index (χ0) is 14.0. The van der Waals surface area contributed by atoms with E-state index in [4.69, 9.17) is 0 Å². The molecule has 0 bridgehead atoms. The lowest BCUT2D eigenvalue weighted by molar-refractivity contribution is 0.0786. The number of hydrogen-bond donors (Lipinski definition) is 0. The van der Waals surface area contributed by atoms with Crippen molar-refractivity contribution in [1.29, 1.82) is 0 Å². The first-order valence-corrected chi connectivity index (χ1v) is 6.87. The molecule has 0 atom stereocenters. The van der Waals surface area contributed by atoms with Gasteiger partial charge < -0.3 is 4.90 Å². The number of carbonyl (C=O) groups excluding carboxylic acids is 1. The minimum absolute atomic E-state index is 0.0240. The van der Waals surface area contributed by atoms with Gasteiger partial charge in [0.1, 0.15) is 0 Å². The minimum Gasteiger partial charge on any atom is -0.336 e. The average Bonchev–Trinajstić information content (AvgIpc) is 2.77. The van der Waals surface area contributed by atoms with Crippen LogP contribution in [-0.4, -0.2) is 27.4 Å². The number of rotatable bonds is 3. The molecule has 100 valence electrons. The van der Waals surface area contributed by atoms with Gasteiger partial charge in [0.2, 0.25) is 0 Å². The van der Waals surface area contributed by atoms with Crippen molar-refractivity contribution in [3.05, 3.63) is 45.5 Å². The molecular weight excluding hydrogens is 258 g/mol. The molecule has 2 rings (SSSR count). The molecule has 19 heavy (non-hydrogen) atoms. The number of aromatic nitrogens is 2. The monoisotopic (exact) mass is 275 g/mol. The first kappa shape index (κ1) is 13.7. The Balaban J connectivity index is 2.15. The predicted molar refractivity (Wildman–Crippen MR) is 76.4 cm³/mol. The van der Waals surface area contributed by atoms with Gasteiger partial charge in [-0.1, -0.05) is 10.6 Å². The molecule has 0 N–H and O–H groups in total. The van der Waals surface area contributed by atoms with Gasteiger partial charge in [-0.3, -0.25) is 4.79 Å². The Labute approximate surface area is 117 Å². The summed E-state index contributed by atoms with van der Waals surface area (Å²) in [5.41, 5.74) is 3.95. The number of amides is 1. The summed E-state index contributed by atoms with van der Waals surface area (Å²) in [7, 11) is 1.80. The van der Waals surface area contributed by atoms with Crippen molar-refractivity contribution < 1.29 is 4.79 Å². The summed E-state index contributed by atoms with van der Waals surface area (Å²) in [6.07, 6.45) is 0. The van der Waals surface area contributed by atoms with E-state index >= 15 is 0 Å². The third-order valence-electron chi connectivity index (χ3n) is 3.23. The fourth-order valence-electron chi connectivity index (χ4n) is 1.78. The van der Waals surface area contributed by atoms with Crippen molar-refractivity contribution in [1.82, 2.24) is 14.5 Å². The highest BCUT2D eigenvalue weighted by Crippen LogP contribution is 2.15. The first-order chi connectivity index (χ1) is 8.99. The maximum absolute atomic E-state index is 12.3. The van der Waals surface area contributed by atoms with Crippen LogP contribution in [-0.2, 0) is 6.54 Å². The highest BCUT2D eigenvalue weighted by molar-refractivity contribution is 7.05. The van der Waals surface area contributed by atoms with Crippen LogP contribution in [0.25, 0.3) is 0 Å². The molecule has 0 aliphatic carbocycles.